The Kier molecular flexibility index (Phi) is 14.0. The van der Waals surface area contributed by atoms with Crippen LogP contribution >= 0.6 is 0 Å². The monoisotopic (exact) mass is 356 g/mol. The van der Waals surface area contributed by atoms with Crippen molar-refractivity contribution in [3.63, 3.8) is 0 Å². The van der Waals surface area contributed by atoms with Crippen LogP contribution in [0.15, 0.2) is 0 Å². The molecule has 0 aromatic rings. The molecule has 1 rings (SSSR count). The van der Waals surface area contributed by atoms with Crippen molar-refractivity contribution in [2.75, 3.05) is 13.2 Å². The Hall–Kier alpha value is -0.610. The van der Waals surface area contributed by atoms with Crippen LogP contribution in [-0.2, 0) is 14.3 Å². The van der Waals surface area contributed by atoms with Gasteiger partial charge in [-0.05, 0) is 6.42 Å². The van der Waals surface area contributed by atoms with Gasteiger partial charge in [0, 0.05) is 0 Å². The minimum absolute atomic E-state index is 0.0669. The zero-order valence-electron chi connectivity index (χ0n) is 16.3. The first kappa shape index (κ1) is 22.4. The van der Waals surface area contributed by atoms with E-state index in [-0.39, 0.29) is 12.7 Å². The maximum atomic E-state index is 11.5. The van der Waals surface area contributed by atoms with E-state index >= 15 is 0 Å². The van der Waals surface area contributed by atoms with Gasteiger partial charge in [0.05, 0.1) is 6.61 Å². The van der Waals surface area contributed by atoms with E-state index in [4.69, 9.17) is 9.47 Å². The SMILES string of the molecule is CCCCCCCCCCCCCCCCC(O)C(=O)OCC1CO1. The molecule has 0 spiro atoms. The molecule has 148 valence electrons. The van der Waals surface area contributed by atoms with Gasteiger partial charge in [-0.15, -0.1) is 0 Å². The number of carbonyl (C=O) groups excluding carboxylic acids is 1. The van der Waals surface area contributed by atoms with Gasteiger partial charge in [0.15, 0.2) is 6.10 Å². The van der Waals surface area contributed by atoms with Crippen LogP contribution in [0, 0.1) is 0 Å². The molecule has 2 atom stereocenters. The fraction of sp³-hybridized carbons (Fsp3) is 0.952. The Bertz CT molecular complexity index is 315. The predicted molar refractivity (Wildman–Crippen MR) is 102 cm³/mol. The molecule has 0 aromatic carbocycles. The number of unbranched alkanes of at least 4 members (excludes halogenated alkanes) is 13. The molecule has 1 heterocycles. The summed E-state index contributed by atoms with van der Waals surface area (Å²) < 4.78 is 9.95. The minimum atomic E-state index is -0.962. The molecule has 1 N–H and O–H groups in total. The molecule has 0 aromatic heterocycles. The lowest BCUT2D eigenvalue weighted by Gasteiger charge is -2.09. The maximum Gasteiger partial charge on any atom is 0.335 e. The van der Waals surface area contributed by atoms with Crippen molar-refractivity contribution < 1.29 is 19.4 Å². The molecule has 1 aliphatic heterocycles. The maximum absolute atomic E-state index is 11.5. The first-order valence-corrected chi connectivity index (χ1v) is 10.7. The van der Waals surface area contributed by atoms with Gasteiger partial charge in [0.25, 0.3) is 0 Å². The average Bonchev–Trinajstić information content (AvgIpc) is 3.44. The number of epoxide rings is 1. The van der Waals surface area contributed by atoms with Gasteiger partial charge >= 0.3 is 5.97 Å². The van der Waals surface area contributed by atoms with Crippen LogP contribution in [0.1, 0.15) is 103 Å². The summed E-state index contributed by atoms with van der Waals surface area (Å²) in [5, 5.41) is 9.73. The fourth-order valence-corrected chi connectivity index (χ4v) is 3.09. The second-order valence-electron chi connectivity index (χ2n) is 7.49. The number of aliphatic hydroxyl groups is 1. The highest BCUT2D eigenvalue weighted by atomic mass is 16.6. The summed E-state index contributed by atoms with van der Waals surface area (Å²) >= 11 is 0. The van der Waals surface area contributed by atoms with Crippen LogP contribution in [0.25, 0.3) is 0 Å². The van der Waals surface area contributed by atoms with Gasteiger partial charge in [-0.2, -0.15) is 0 Å². The van der Waals surface area contributed by atoms with Crippen LogP contribution in [0.4, 0.5) is 0 Å². The van der Waals surface area contributed by atoms with Crippen LogP contribution in [0.5, 0.6) is 0 Å². The molecule has 0 bridgehead atoms. The van der Waals surface area contributed by atoms with Crippen molar-refractivity contribution in [2.45, 2.75) is 115 Å². The molecule has 0 amide bonds. The van der Waals surface area contributed by atoms with E-state index in [1.165, 1.54) is 77.0 Å². The summed E-state index contributed by atoms with van der Waals surface area (Å²) in [6, 6.07) is 0. The lowest BCUT2D eigenvalue weighted by atomic mass is 10.0. The molecule has 1 saturated heterocycles. The second kappa shape index (κ2) is 15.6. The lowest BCUT2D eigenvalue weighted by molar-refractivity contribution is -0.154. The molecular weight excluding hydrogens is 316 g/mol. The summed E-state index contributed by atoms with van der Waals surface area (Å²) in [5.74, 6) is -0.495. The van der Waals surface area contributed by atoms with Crippen molar-refractivity contribution in [3.05, 3.63) is 0 Å². The standard InChI is InChI=1S/C21H40O4/c1-2-3-4-5-6-7-8-9-10-11-12-13-14-15-16-20(22)21(23)25-18-19-17-24-19/h19-20,22H,2-18H2,1H3. The number of hydrogen-bond donors (Lipinski definition) is 1. The van der Waals surface area contributed by atoms with E-state index in [0.717, 1.165) is 12.8 Å². The molecule has 4 heteroatoms. The van der Waals surface area contributed by atoms with Gasteiger partial charge in [-0.3, -0.25) is 0 Å². The topological polar surface area (TPSA) is 59.1 Å². The highest BCUT2D eigenvalue weighted by Gasteiger charge is 2.26. The minimum Gasteiger partial charge on any atom is -0.461 e. The fourth-order valence-electron chi connectivity index (χ4n) is 3.09. The number of rotatable bonds is 18. The van der Waals surface area contributed by atoms with Crippen LogP contribution in [0.3, 0.4) is 0 Å². The molecule has 4 nitrogen and oxygen atoms in total. The summed E-state index contributed by atoms with van der Waals surface area (Å²) in [6.45, 7) is 3.22. The molecule has 25 heavy (non-hydrogen) atoms. The second-order valence-corrected chi connectivity index (χ2v) is 7.49. The summed E-state index contributed by atoms with van der Waals surface area (Å²) in [7, 11) is 0. The molecule has 1 fully saturated rings. The van der Waals surface area contributed by atoms with E-state index in [1.807, 2.05) is 0 Å². The van der Waals surface area contributed by atoms with Crippen molar-refractivity contribution in [1.82, 2.24) is 0 Å². The zero-order valence-corrected chi connectivity index (χ0v) is 16.3. The van der Waals surface area contributed by atoms with Crippen LogP contribution < -0.4 is 0 Å². The quantitative estimate of drug-likeness (QED) is 0.209. The largest absolute Gasteiger partial charge is 0.461 e. The Morgan fingerprint density at radius 3 is 1.80 bits per heavy atom. The Labute approximate surface area is 154 Å². The van der Waals surface area contributed by atoms with Gasteiger partial charge in [-0.1, -0.05) is 96.8 Å². The molecule has 2 unspecified atom stereocenters. The molecule has 0 saturated carbocycles. The molecule has 1 aliphatic rings. The third kappa shape index (κ3) is 14.3. The average molecular weight is 357 g/mol. The molecular formula is C21H40O4. The van der Waals surface area contributed by atoms with E-state index in [9.17, 15) is 9.90 Å². The molecule has 0 aliphatic carbocycles. The highest BCUT2D eigenvalue weighted by molar-refractivity contribution is 5.74. The van der Waals surface area contributed by atoms with Crippen LogP contribution in [-0.4, -0.2) is 36.5 Å². The number of hydrogen-bond acceptors (Lipinski definition) is 4. The van der Waals surface area contributed by atoms with E-state index in [0.29, 0.717) is 13.0 Å². The summed E-state index contributed by atoms with van der Waals surface area (Å²) in [6.07, 6.45) is 17.9. The van der Waals surface area contributed by atoms with Crippen molar-refractivity contribution in [2.24, 2.45) is 0 Å². The summed E-state index contributed by atoms with van der Waals surface area (Å²) in [5.41, 5.74) is 0. The van der Waals surface area contributed by atoms with Gasteiger partial charge < -0.3 is 14.6 Å². The van der Waals surface area contributed by atoms with Gasteiger partial charge in [0.1, 0.15) is 12.7 Å². The van der Waals surface area contributed by atoms with Crippen molar-refractivity contribution in [3.8, 4) is 0 Å². The predicted octanol–water partition coefficient (Wildman–Crippen LogP) is 5.16. The Balaban J connectivity index is 1.74. The first-order valence-electron chi connectivity index (χ1n) is 10.7. The number of carbonyl (C=O) groups is 1. The van der Waals surface area contributed by atoms with Gasteiger partial charge in [-0.25, -0.2) is 4.79 Å². The Morgan fingerprint density at radius 1 is 0.920 bits per heavy atom. The zero-order chi connectivity index (χ0) is 18.2. The normalized spacial score (nSPS) is 17.4. The highest BCUT2D eigenvalue weighted by Crippen LogP contribution is 2.14. The summed E-state index contributed by atoms with van der Waals surface area (Å²) in [4.78, 5) is 11.5. The van der Waals surface area contributed by atoms with Gasteiger partial charge in [0.2, 0.25) is 0 Å². The number of aliphatic hydroxyl groups excluding tert-OH is 1. The number of ether oxygens (including phenoxy) is 2. The number of esters is 1. The van der Waals surface area contributed by atoms with E-state index < -0.39 is 12.1 Å². The van der Waals surface area contributed by atoms with Crippen LogP contribution in [0.2, 0.25) is 0 Å². The van der Waals surface area contributed by atoms with Crippen molar-refractivity contribution >= 4 is 5.97 Å². The first-order chi connectivity index (χ1) is 12.2. The smallest absolute Gasteiger partial charge is 0.335 e. The Morgan fingerprint density at radius 2 is 1.36 bits per heavy atom. The molecule has 0 radical (unpaired) electrons. The van der Waals surface area contributed by atoms with E-state index in [1.54, 1.807) is 0 Å². The van der Waals surface area contributed by atoms with Crippen molar-refractivity contribution in [1.29, 1.82) is 0 Å². The third-order valence-electron chi connectivity index (χ3n) is 4.92. The van der Waals surface area contributed by atoms with E-state index in [2.05, 4.69) is 6.92 Å². The third-order valence-corrected chi connectivity index (χ3v) is 4.92. The lowest BCUT2D eigenvalue weighted by Crippen LogP contribution is -2.24.